The van der Waals surface area contributed by atoms with Crippen LogP contribution in [0.25, 0.3) is 0 Å². The molecule has 2 aromatic rings. The summed E-state index contributed by atoms with van der Waals surface area (Å²) in [6.07, 6.45) is 2.65. The number of benzene rings is 2. The minimum absolute atomic E-state index is 0.00654. The molecular weight excluding hydrogens is 355 g/mol. The number of amides is 1. The number of halogens is 1. The van der Waals surface area contributed by atoms with Gasteiger partial charge < -0.3 is 5.32 Å². The molecule has 0 saturated carbocycles. The number of sulfonamides is 1. The number of hydrogen-bond acceptors (Lipinski definition) is 3. The summed E-state index contributed by atoms with van der Waals surface area (Å²) in [4.78, 5) is 12.6. The highest BCUT2D eigenvalue weighted by molar-refractivity contribution is 7.89. The average Bonchev–Trinajstić information content (AvgIpc) is 2.68. The molecule has 1 amide bonds. The van der Waals surface area contributed by atoms with E-state index in [2.05, 4.69) is 5.32 Å². The van der Waals surface area contributed by atoms with Gasteiger partial charge in [0.25, 0.3) is 5.91 Å². The van der Waals surface area contributed by atoms with Crippen molar-refractivity contribution in [3.05, 3.63) is 65.5 Å². The summed E-state index contributed by atoms with van der Waals surface area (Å²) < 4.78 is 41.0. The van der Waals surface area contributed by atoms with E-state index in [-0.39, 0.29) is 17.0 Å². The van der Waals surface area contributed by atoms with Crippen molar-refractivity contribution in [3.63, 3.8) is 0 Å². The molecule has 0 spiro atoms. The van der Waals surface area contributed by atoms with E-state index >= 15 is 0 Å². The van der Waals surface area contributed by atoms with Gasteiger partial charge in [0.15, 0.2) is 0 Å². The van der Waals surface area contributed by atoms with E-state index in [1.165, 1.54) is 22.5 Å². The van der Waals surface area contributed by atoms with Crippen LogP contribution in [0.4, 0.5) is 4.39 Å². The maximum absolute atomic E-state index is 13.7. The van der Waals surface area contributed by atoms with Crippen LogP contribution in [0, 0.1) is 5.82 Å². The van der Waals surface area contributed by atoms with Crippen LogP contribution in [0.3, 0.4) is 0 Å². The highest BCUT2D eigenvalue weighted by Crippen LogP contribution is 2.23. The average molecular weight is 376 g/mol. The van der Waals surface area contributed by atoms with E-state index in [0.717, 1.165) is 19.3 Å². The standard InChI is InChI=1S/C19H21FN2O3S/c20-17-10-4-2-8-15(17)14-21-19(23)16-9-3-5-11-18(16)26(24,25)22-12-6-1-7-13-22/h2-5,8-11H,1,6-7,12-14H2,(H,21,23). The number of nitrogens with one attached hydrogen (secondary N) is 1. The predicted molar refractivity (Wildman–Crippen MR) is 96.6 cm³/mol. The first-order valence-electron chi connectivity index (χ1n) is 8.61. The first-order chi connectivity index (χ1) is 12.5. The normalized spacial score (nSPS) is 15.6. The molecule has 1 aliphatic heterocycles. The second-order valence-corrected chi connectivity index (χ2v) is 8.14. The van der Waals surface area contributed by atoms with Gasteiger partial charge in [-0.2, -0.15) is 4.31 Å². The van der Waals surface area contributed by atoms with Crippen LogP contribution < -0.4 is 5.32 Å². The van der Waals surface area contributed by atoms with Gasteiger partial charge in [-0.15, -0.1) is 0 Å². The molecule has 138 valence electrons. The third kappa shape index (κ3) is 3.94. The molecule has 26 heavy (non-hydrogen) atoms. The Balaban J connectivity index is 1.82. The Morgan fingerprint density at radius 1 is 1.00 bits per heavy atom. The largest absolute Gasteiger partial charge is 0.348 e. The van der Waals surface area contributed by atoms with Crippen molar-refractivity contribution in [1.29, 1.82) is 0 Å². The molecule has 3 rings (SSSR count). The number of rotatable bonds is 5. The lowest BCUT2D eigenvalue weighted by Gasteiger charge is -2.26. The Kier molecular flexibility index (Phi) is 5.68. The van der Waals surface area contributed by atoms with Crippen LogP contribution in [-0.4, -0.2) is 31.7 Å². The van der Waals surface area contributed by atoms with Gasteiger partial charge in [0.2, 0.25) is 10.0 Å². The minimum atomic E-state index is -3.73. The zero-order chi connectivity index (χ0) is 18.6. The zero-order valence-corrected chi connectivity index (χ0v) is 15.1. The number of hydrogen-bond donors (Lipinski definition) is 1. The molecular formula is C19H21FN2O3S. The summed E-state index contributed by atoms with van der Waals surface area (Å²) in [7, 11) is -3.73. The van der Waals surface area contributed by atoms with Gasteiger partial charge in [-0.25, -0.2) is 12.8 Å². The summed E-state index contributed by atoms with van der Waals surface area (Å²) in [6, 6.07) is 12.3. The molecule has 0 bridgehead atoms. The van der Waals surface area contributed by atoms with Crippen LogP contribution in [0.5, 0.6) is 0 Å². The van der Waals surface area contributed by atoms with Gasteiger partial charge in [-0.3, -0.25) is 4.79 Å². The predicted octanol–water partition coefficient (Wildman–Crippen LogP) is 2.93. The number of carbonyl (C=O) groups is 1. The Morgan fingerprint density at radius 2 is 1.65 bits per heavy atom. The highest BCUT2D eigenvalue weighted by atomic mass is 32.2. The number of nitrogens with zero attached hydrogens (tertiary/aromatic N) is 1. The molecule has 7 heteroatoms. The van der Waals surface area contributed by atoms with Gasteiger partial charge in [-0.05, 0) is 31.0 Å². The first kappa shape index (κ1) is 18.5. The maximum atomic E-state index is 13.7. The molecule has 1 fully saturated rings. The lowest BCUT2D eigenvalue weighted by molar-refractivity contribution is 0.0947. The Bertz CT molecular complexity index is 893. The maximum Gasteiger partial charge on any atom is 0.252 e. The van der Waals surface area contributed by atoms with Crippen molar-refractivity contribution in [2.45, 2.75) is 30.7 Å². The van der Waals surface area contributed by atoms with Crippen LogP contribution >= 0.6 is 0 Å². The molecule has 0 atom stereocenters. The summed E-state index contributed by atoms with van der Waals surface area (Å²) in [5.74, 6) is -0.952. The smallest absolute Gasteiger partial charge is 0.252 e. The third-order valence-electron chi connectivity index (χ3n) is 4.46. The second kappa shape index (κ2) is 7.97. The van der Waals surface area contributed by atoms with Gasteiger partial charge in [-0.1, -0.05) is 36.8 Å². The van der Waals surface area contributed by atoms with Crippen LogP contribution in [-0.2, 0) is 16.6 Å². The van der Waals surface area contributed by atoms with Crippen molar-refractivity contribution in [1.82, 2.24) is 9.62 Å². The summed E-state index contributed by atoms with van der Waals surface area (Å²) >= 11 is 0. The van der Waals surface area contributed by atoms with Gasteiger partial charge in [0.05, 0.1) is 10.5 Å². The fourth-order valence-corrected chi connectivity index (χ4v) is 4.74. The third-order valence-corrected chi connectivity index (χ3v) is 6.42. The fraction of sp³-hybridized carbons (Fsp3) is 0.316. The highest BCUT2D eigenvalue weighted by Gasteiger charge is 2.29. The van der Waals surface area contributed by atoms with E-state index in [1.54, 1.807) is 30.3 Å². The quantitative estimate of drug-likeness (QED) is 0.873. The van der Waals surface area contributed by atoms with Gasteiger partial charge >= 0.3 is 0 Å². The van der Waals surface area contributed by atoms with Crippen molar-refractivity contribution < 1.29 is 17.6 Å². The van der Waals surface area contributed by atoms with Crippen molar-refractivity contribution in [2.24, 2.45) is 0 Å². The monoisotopic (exact) mass is 376 g/mol. The minimum Gasteiger partial charge on any atom is -0.348 e. The lowest BCUT2D eigenvalue weighted by Crippen LogP contribution is -2.37. The van der Waals surface area contributed by atoms with E-state index in [1.807, 2.05) is 0 Å². The Morgan fingerprint density at radius 3 is 2.38 bits per heavy atom. The molecule has 0 aromatic heterocycles. The second-order valence-electron chi connectivity index (χ2n) is 6.23. The molecule has 1 aliphatic rings. The van der Waals surface area contributed by atoms with E-state index in [0.29, 0.717) is 18.7 Å². The molecule has 0 unspecified atom stereocenters. The molecule has 5 nitrogen and oxygen atoms in total. The molecule has 0 aliphatic carbocycles. The molecule has 1 N–H and O–H groups in total. The Hall–Kier alpha value is -2.25. The van der Waals surface area contributed by atoms with Crippen molar-refractivity contribution in [3.8, 4) is 0 Å². The van der Waals surface area contributed by atoms with E-state index in [9.17, 15) is 17.6 Å². The van der Waals surface area contributed by atoms with Crippen LogP contribution in [0.15, 0.2) is 53.4 Å². The molecule has 2 aromatic carbocycles. The first-order valence-corrected chi connectivity index (χ1v) is 10.0. The van der Waals surface area contributed by atoms with Gasteiger partial charge in [0, 0.05) is 25.2 Å². The fourth-order valence-electron chi connectivity index (χ4n) is 3.04. The number of carbonyl (C=O) groups excluding carboxylic acids is 1. The molecule has 1 heterocycles. The number of piperidine rings is 1. The van der Waals surface area contributed by atoms with Crippen LogP contribution in [0.1, 0.15) is 35.2 Å². The summed E-state index contributed by atoms with van der Waals surface area (Å²) in [5.41, 5.74) is 0.423. The topological polar surface area (TPSA) is 66.5 Å². The summed E-state index contributed by atoms with van der Waals surface area (Å²) in [6.45, 7) is 0.921. The molecule has 0 radical (unpaired) electrons. The van der Waals surface area contributed by atoms with Crippen molar-refractivity contribution in [2.75, 3.05) is 13.1 Å². The van der Waals surface area contributed by atoms with Crippen LogP contribution in [0.2, 0.25) is 0 Å². The van der Waals surface area contributed by atoms with Gasteiger partial charge in [0.1, 0.15) is 5.82 Å². The molecule has 1 saturated heterocycles. The van der Waals surface area contributed by atoms with E-state index in [4.69, 9.17) is 0 Å². The lowest BCUT2D eigenvalue weighted by atomic mass is 10.2. The SMILES string of the molecule is O=C(NCc1ccccc1F)c1ccccc1S(=O)(=O)N1CCCCC1. The van der Waals surface area contributed by atoms with E-state index < -0.39 is 21.7 Å². The summed E-state index contributed by atoms with van der Waals surface area (Å²) in [5, 5.41) is 2.61. The Labute approximate surface area is 152 Å². The zero-order valence-electron chi connectivity index (χ0n) is 14.3. The van der Waals surface area contributed by atoms with Crippen molar-refractivity contribution >= 4 is 15.9 Å².